The highest BCUT2D eigenvalue weighted by atomic mass is 32.1. The van der Waals surface area contributed by atoms with Crippen molar-refractivity contribution in [3.05, 3.63) is 70.6 Å². The van der Waals surface area contributed by atoms with E-state index in [1.807, 2.05) is 29.6 Å². The van der Waals surface area contributed by atoms with Crippen molar-refractivity contribution in [1.82, 2.24) is 0 Å². The van der Waals surface area contributed by atoms with Crippen LogP contribution in [0, 0.1) is 11.3 Å². The molecule has 0 bridgehead atoms. The van der Waals surface area contributed by atoms with Crippen LogP contribution in [-0.4, -0.2) is 35.6 Å². The molecule has 1 aromatic heterocycles. The molecule has 0 aliphatic heterocycles. The zero-order valence-corrected chi connectivity index (χ0v) is 24.6. The third-order valence-corrected chi connectivity index (χ3v) is 12.3. The minimum Gasteiger partial charge on any atom is -0.493 e. The molecule has 8 heteroatoms. The molecule has 2 aromatic carbocycles. The first-order valence-electron chi connectivity index (χ1n) is 12.0. The van der Waals surface area contributed by atoms with Crippen LogP contribution in [0.15, 0.2) is 53.9 Å². The van der Waals surface area contributed by atoms with E-state index in [0.717, 1.165) is 16.0 Å². The summed E-state index contributed by atoms with van der Waals surface area (Å²) in [4.78, 5) is 13.1. The minimum absolute atomic E-state index is 0.124. The molecule has 0 saturated heterocycles. The molecule has 3 rings (SSSR count). The topological polar surface area (TPSA) is 77.8 Å². The van der Waals surface area contributed by atoms with Crippen molar-refractivity contribution < 1.29 is 23.4 Å². The van der Waals surface area contributed by atoms with Crippen LogP contribution in [0.4, 0.5) is 0 Å². The highest BCUT2D eigenvalue weighted by Gasteiger charge is 2.46. The van der Waals surface area contributed by atoms with Crippen molar-refractivity contribution in [3.63, 3.8) is 0 Å². The number of carbonyl (C=O) groups is 1. The predicted octanol–water partition coefficient (Wildman–Crippen LogP) is 7.20. The van der Waals surface area contributed by atoms with Crippen molar-refractivity contribution in [2.75, 3.05) is 21.3 Å². The van der Waals surface area contributed by atoms with Crippen molar-refractivity contribution in [1.29, 1.82) is 5.26 Å². The van der Waals surface area contributed by atoms with E-state index in [1.165, 1.54) is 7.11 Å². The van der Waals surface area contributed by atoms with Gasteiger partial charge in [0.25, 0.3) is 0 Å². The zero-order chi connectivity index (χ0) is 27.4. The van der Waals surface area contributed by atoms with Crippen molar-refractivity contribution in [2.24, 2.45) is 0 Å². The van der Waals surface area contributed by atoms with Crippen LogP contribution < -0.4 is 9.47 Å². The SMILES string of the molecule is COC(=O)c1ccc(C(C#N)(Cc2cc(OC)c(OC)c(-c3cccs3)c2)O[Si](C)(C)C(C)(C)C)cc1. The Morgan fingerprint density at radius 2 is 1.70 bits per heavy atom. The second kappa shape index (κ2) is 11.1. The number of methoxy groups -OCH3 is 3. The molecular formula is C29H35NO5SSi. The third-order valence-electron chi connectivity index (χ3n) is 6.97. The summed E-state index contributed by atoms with van der Waals surface area (Å²) >= 11 is 1.60. The molecule has 0 spiro atoms. The molecule has 0 aliphatic rings. The molecule has 0 aliphatic carbocycles. The number of ether oxygens (including phenoxy) is 3. The number of nitriles is 1. The lowest BCUT2D eigenvalue weighted by Gasteiger charge is -2.43. The molecule has 1 heterocycles. The smallest absolute Gasteiger partial charge is 0.337 e. The minimum atomic E-state index is -2.41. The molecule has 196 valence electrons. The van der Waals surface area contributed by atoms with Gasteiger partial charge >= 0.3 is 5.97 Å². The lowest BCUT2D eigenvalue weighted by Crippen LogP contribution is -2.49. The lowest BCUT2D eigenvalue weighted by atomic mass is 9.87. The van der Waals surface area contributed by atoms with Gasteiger partial charge in [-0.15, -0.1) is 11.3 Å². The Kier molecular flexibility index (Phi) is 8.53. The molecule has 1 unspecified atom stereocenters. The summed E-state index contributed by atoms with van der Waals surface area (Å²) in [6, 6.07) is 17.4. The van der Waals surface area contributed by atoms with Gasteiger partial charge in [0.2, 0.25) is 0 Å². The molecule has 3 aromatic rings. The summed E-state index contributed by atoms with van der Waals surface area (Å²) < 4.78 is 23.2. The first-order chi connectivity index (χ1) is 17.4. The molecule has 0 amide bonds. The van der Waals surface area contributed by atoms with Gasteiger partial charge in [-0.2, -0.15) is 5.26 Å². The van der Waals surface area contributed by atoms with E-state index in [0.29, 0.717) is 22.6 Å². The van der Waals surface area contributed by atoms with Crippen LogP contribution >= 0.6 is 11.3 Å². The Morgan fingerprint density at radius 3 is 2.19 bits per heavy atom. The summed E-state index contributed by atoms with van der Waals surface area (Å²) in [6.07, 6.45) is 0.284. The molecule has 0 N–H and O–H groups in total. The second-order valence-electron chi connectivity index (χ2n) is 10.4. The fraction of sp³-hybridized carbons (Fsp3) is 0.379. The fourth-order valence-electron chi connectivity index (χ4n) is 3.93. The Balaban J connectivity index is 2.20. The van der Waals surface area contributed by atoms with Gasteiger partial charge in [0.15, 0.2) is 25.4 Å². The average molecular weight is 538 g/mol. The van der Waals surface area contributed by atoms with E-state index in [2.05, 4.69) is 39.9 Å². The molecule has 0 radical (unpaired) electrons. The first-order valence-corrected chi connectivity index (χ1v) is 15.8. The standard InChI is InChI=1S/C29H35NO5SSi/c1-28(2,3)37(7,8)35-29(19-30,22-13-11-21(12-14-22)27(31)34-6)18-20-16-23(25-10-9-15-36-25)26(33-5)24(17-20)32-4/h9-17H,18H2,1-8H3. The lowest BCUT2D eigenvalue weighted by molar-refractivity contribution is 0.0600. The summed E-state index contributed by atoms with van der Waals surface area (Å²) in [5.74, 6) is 0.799. The van der Waals surface area contributed by atoms with Crippen LogP contribution in [0.2, 0.25) is 18.1 Å². The number of thiophene rings is 1. The Hall–Kier alpha value is -3.12. The molecule has 6 nitrogen and oxygen atoms in total. The largest absolute Gasteiger partial charge is 0.493 e. The van der Waals surface area contributed by atoms with E-state index < -0.39 is 19.9 Å². The van der Waals surface area contributed by atoms with Crippen LogP contribution in [0.25, 0.3) is 10.4 Å². The highest BCUT2D eigenvalue weighted by molar-refractivity contribution is 7.13. The molecule has 37 heavy (non-hydrogen) atoms. The van der Waals surface area contributed by atoms with Gasteiger partial charge in [0.1, 0.15) is 6.07 Å². The quantitative estimate of drug-likeness (QED) is 0.212. The third kappa shape index (κ3) is 5.90. The zero-order valence-electron chi connectivity index (χ0n) is 22.8. The van der Waals surface area contributed by atoms with Crippen molar-refractivity contribution in [2.45, 2.75) is 50.9 Å². The van der Waals surface area contributed by atoms with Crippen LogP contribution in [0.1, 0.15) is 42.3 Å². The maximum atomic E-state index is 12.0. The van der Waals surface area contributed by atoms with Crippen LogP contribution in [0.5, 0.6) is 11.5 Å². The predicted molar refractivity (Wildman–Crippen MR) is 150 cm³/mol. The van der Waals surface area contributed by atoms with Crippen LogP contribution in [0.3, 0.4) is 0 Å². The number of carbonyl (C=O) groups excluding carboxylic acids is 1. The molecular weight excluding hydrogens is 502 g/mol. The van der Waals surface area contributed by atoms with Gasteiger partial charge in [0.05, 0.1) is 26.9 Å². The Bertz CT molecular complexity index is 1270. The number of hydrogen-bond donors (Lipinski definition) is 0. The number of benzene rings is 2. The molecule has 0 saturated carbocycles. The highest BCUT2D eigenvalue weighted by Crippen LogP contribution is 2.45. The average Bonchev–Trinajstić information content (AvgIpc) is 3.41. The Labute approximate surface area is 224 Å². The second-order valence-corrected chi connectivity index (χ2v) is 16.1. The summed E-state index contributed by atoms with van der Waals surface area (Å²) in [7, 11) is 2.16. The normalized spacial score (nSPS) is 13.4. The number of hydrogen-bond acceptors (Lipinski definition) is 7. The summed E-state index contributed by atoms with van der Waals surface area (Å²) in [5, 5.41) is 12.6. The van der Waals surface area contributed by atoms with E-state index in [9.17, 15) is 10.1 Å². The van der Waals surface area contributed by atoms with E-state index in [-0.39, 0.29) is 11.5 Å². The van der Waals surface area contributed by atoms with E-state index in [4.69, 9.17) is 18.6 Å². The van der Waals surface area contributed by atoms with Gasteiger partial charge in [0, 0.05) is 16.9 Å². The van der Waals surface area contributed by atoms with Crippen molar-refractivity contribution >= 4 is 25.6 Å². The van der Waals surface area contributed by atoms with Crippen molar-refractivity contribution in [3.8, 4) is 28.0 Å². The van der Waals surface area contributed by atoms with E-state index in [1.54, 1.807) is 49.8 Å². The van der Waals surface area contributed by atoms with Gasteiger partial charge in [-0.3, -0.25) is 0 Å². The maximum absolute atomic E-state index is 12.0. The first kappa shape index (κ1) is 28.4. The molecule has 0 fully saturated rings. The van der Waals surface area contributed by atoms with Gasteiger partial charge in [-0.1, -0.05) is 39.0 Å². The number of nitrogens with zero attached hydrogens (tertiary/aromatic N) is 1. The monoisotopic (exact) mass is 537 g/mol. The summed E-state index contributed by atoms with van der Waals surface area (Å²) in [5.41, 5.74) is 1.58. The van der Waals surface area contributed by atoms with Crippen LogP contribution in [-0.2, 0) is 21.2 Å². The van der Waals surface area contributed by atoms with Gasteiger partial charge in [-0.25, -0.2) is 4.79 Å². The molecule has 1 atom stereocenters. The number of rotatable bonds is 9. The Morgan fingerprint density at radius 1 is 1.03 bits per heavy atom. The maximum Gasteiger partial charge on any atom is 0.337 e. The van der Waals surface area contributed by atoms with E-state index >= 15 is 0 Å². The summed E-state index contributed by atoms with van der Waals surface area (Å²) in [6.45, 7) is 10.7. The number of esters is 1. The van der Waals surface area contributed by atoms with Gasteiger partial charge < -0.3 is 18.6 Å². The van der Waals surface area contributed by atoms with Gasteiger partial charge in [-0.05, 0) is 65.0 Å². The fourth-order valence-corrected chi connectivity index (χ4v) is 6.08.